The average molecular weight is 230 g/mol. The van der Waals surface area contributed by atoms with Gasteiger partial charge in [0.25, 0.3) is 11.8 Å². The molecule has 1 rings (SSSR count). The van der Waals surface area contributed by atoms with Crippen molar-refractivity contribution in [3.63, 3.8) is 0 Å². The van der Waals surface area contributed by atoms with Gasteiger partial charge in [-0.2, -0.15) is 0 Å². The standard InChI is InChI=1S/C7H10N4O5/c1-8-5(14)9-3(12)7(16)4(13)10-6(15)11(7)2/h16H,1-2H3,(H,10,13,15)(H2,8,9,12,14)/t7-/m1/s1. The predicted octanol–water partition coefficient (Wildman–Crippen LogP) is -2.69. The Balaban J connectivity index is 2.93. The largest absolute Gasteiger partial charge is 0.356 e. The lowest BCUT2D eigenvalue weighted by atomic mass is 10.2. The summed E-state index contributed by atoms with van der Waals surface area (Å²) in [5, 5.41) is 15.2. The molecule has 0 bridgehead atoms. The molecule has 88 valence electrons. The van der Waals surface area contributed by atoms with E-state index in [1.54, 1.807) is 10.6 Å². The maximum Gasteiger partial charge on any atom is 0.327 e. The Hall–Kier alpha value is -2.16. The molecule has 0 spiro atoms. The topological polar surface area (TPSA) is 128 Å². The molecule has 0 saturated carbocycles. The van der Waals surface area contributed by atoms with E-state index >= 15 is 0 Å². The maximum atomic E-state index is 11.4. The van der Waals surface area contributed by atoms with Crippen LogP contribution in [0.3, 0.4) is 0 Å². The van der Waals surface area contributed by atoms with E-state index in [1.165, 1.54) is 7.05 Å². The van der Waals surface area contributed by atoms with Crippen LogP contribution in [-0.4, -0.2) is 53.7 Å². The van der Waals surface area contributed by atoms with Gasteiger partial charge in [0.15, 0.2) is 0 Å². The van der Waals surface area contributed by atoms with Crippen molar-refractivity contribution in [3.8, 4) is 0 Å². The SMILES string of the molecule is CNC(=O)NC(=O)[C@@]1(O)C(=O)NC(=O)N1C. The second kappa shape index (κ2) is 3.77. The summed E-state index contributed by atoms with van der Waals surface area (Å²) in [5.74, 6) is -2.51. The molecule has 4 N–H and O–H groups in total. The maximum absolute atomic E-state index is 11.4. The van der Waals surface area contributed by atoms with Crippen LogP contribution in [0.15, 0.2) is 0 Å². The highest BCUT2D eigenvalue weighted by Crippen LogP contribution is 2.16. The van der Waals surface area contributed by atoms with Crippen LogP contribution in [0, 0.1) is 0 Å². The first kappa shape index (κ1) is 11.9. The Morgan fingerprint density at radius 2 is 2.00 bits per heavy atom. The van der Waals surface area contributed by atoms with Gasteiger partial charge in [-0.15, -0.1) is 0 Å². The van der Waals surface area contributed by atoms with E-state index < -0.39 is 29.6 Å². The Kier molecular flexibility index (Phi) is 2.81. The number of hydrogen-bond donors (Lipinski definition) is 4. The summed E-state index contributed by atoms with van der Waals surface area (Å²) in [6, 6.07) is -1.83. The number of rotatable bonds is 1. The minimum atomic E-state index is -2.70. The van der Waals surface area contributed by atoms with Crippen LogP contribution >= 0.6 is 0 Å². The number of carbonyl (C=O) groups excluding carboxylic acids is 4. The van der Waals surface area contributed by atoms with Crippen molar-refractivity contribution in [1.82, 2.24) is 20.9 Å². The van der Waals surface area contributed by atoms with Gasteiger partial charge in [0.05, 0.1) is 0 Å². The molecule has 1 aliphatic rings. The van der Waals surface area contributed by atoms with Crippen molar-refractivity contribution in [1.29, 1.82) is 0 Å². The number of nitrogens with zero attached hydrogens (tertiary/aromatic N) is 1. The van der Waals surface area contributed by atoms with Crippen LogP contribution in [-0.2, 0) is 9.59 Å². The molecular formula is C7H10N4O5. The van der Waals surface area contributed by atoms with E-state index in [1.807, 2.05) is 0 Å². The normalized spacial score (nSPS) is 24.1. The molecule has 0 aliphatic carbocycles. The lowest BCUT2D eigenvalue weighted by molar-refractivity contribution is -0.161. The summed E-state index contributed by atoms with van der Waals surface area (Å²) in [6.45, 7) is 0. The predicted molar refractivity (Wildman–Crippen MR) is 48.8 cm³/mol. The highest BCUT2D eigenvalue weighted by molar-refractivity contribution is 6.20. The molecule has 9 nitrogen and oxygen atoms in total. The number of nitrogens with one attached hydrogen (secondary N) is 3. The Labute approximate surface area is 89.8 Å². The van der Waals surface area contributed by atoms with Crippen LogP contribution in [0.2, 0.25) is 0 Å². The summed E-state index contributed by atoms with van der Waals surface area (Å²) < 4.78 is 0. The fraction of sp³-hybridized carbons (Fsp3) is 0.429. The van der Waals surface area contributed by atoms with Crippen molar-refractivity contribution in [3.05, 3.63) is 0 Å². The molecule has 0 radical (unpaired) electrons. The van der Waals surface area contributed by atoms with Gasteiger partial charge in [-0.1, -0.05) is 0 Å². The van der Waals surface area contributed by atoms with E-state index in [9.17, 15) is 24.3 Å². The van der Waals surface area contributed by atoms with Crippen molar-refractivity contribution in [2.75, 3.05) is 14.1 Å². The molecule has 6 amide bonds. The van der Waals surface area contributed by atoms with E-state index in [2.05, 4.69) is 5.32 Å². The van der Waals surface area contributed by atoms with Gasteiger partial charge in [-0.25, -0.2) is 9.59 Å². The van der Waals surface area contributed by atoms with Gasteiger partial charge >= 0.3 is 17.8 Å². The second-order valence-electron chi connectivity index (χ2n) is 3.02. The Bertz CT molecular complexity index is 381. The Morgan fingerprint density at radius 3 is 2.38 bits per heavy atom. The summed E-state index contributed by atoms with van der Waals surface area (Å²) in [5.41, 5.74) is -2.70. The molecule has 1 fully saturated rings. The molecule has 0 aromatic rings. The number of amides is 6. The zero-order valence-electron chi connectivity index (χ0n) is 8.53. The van der Waals surface area contributed by atoms with Crippen LogP contribution in [0.5, 0.6) is 0 Å². The molecule has 0 aromatic carbocycles. The second-order valence-corrected chi connectivity index (χ2v) is 3.02. The van der Waals surface area contributed by atoms with Crippen molar-refractivity contribution >= 4 is 23.9 Å². The number of hydrogen-bond acceptors (Lipinski definition) is 5. The molecule has 0 aromatic heterocycles. The first-order valence-corrected chi connectivity index (χ1v) is 4.18. The molecule has 1 heterocycles. The van der Waals surface area contributed by atoms with Crippen molar-refractivity contribution in [2.45, 2.75) is 5.72 Å². The first-order valence-electron chi connectivity index (χ1n) is 4.18. The number of urea groups is 2. The molecule has 0 unspecified atom stereocenters. The molecule has 1 aliphatic heterocycles. The number of likely N-dealkylation sites (N-methyl/N-ethyl adjacent to an activating group) is 1. The molecule has 16 heavy (non-hydrogen) atoms. The zero-order valence-corrected chi connectivity index (χ0v) is 8.53. The summed E-state index contributed by atoms with van der Waals surface area (Å²) in [4.78, 5) is 45.0. The van der Waals surface area contributed by atoms with Crippen LogP contribution in [0.1, 0.15) is 0 Å². The van der Waals surface area contributed by atoms with E-state index in [0.29, 0.717) is 4.90 Å². The molecular weight excluding hydrogens is 220 g/mol. The van der Waals surface area contributed by atoms with Crippen LogP contribution in [0.25, 0.3) is 0 Å². The highest BCUT2D eigenvalue weighted by atomic mass is 16.4. The van der Waals surface area contributed by atoms with Crippen molar-refractivity contribution in [2.24, 2.45) is 0 Å². The summed E-state index contributed by atoms with van der Waals surface area (Å²) >= 11 is 0. The third-order valence-corrected chi connectivity index (χ3v) is 2.10. The number of imide groups is 2. The van der Waals surface area contributed by atoms with Gasteiger partial charge in [0, 0.05) is 14.1 Å². The summed E-state index contributed by atoms with van der Waals surface area (Å²) in [6.07, 6.45) is 0. The van der Waals surface area contributed by atoms with E-state index in [-0.39, 0.29) is 0 Å². The third-order valence-electron chi connectivity index (χ3n) is 2.10. The van der Waals surface area contributed by atoms with Crippen LogP contribution in [0.4, 0.5) is 9.59 Å². The first-order chi connectivity index (χ1) is 7.33. The quantitative estimate of drug-likeness (QED) is 0.288. The van der Waals surface area contributed by atoms with Gasteiger partial charge in [-0.3, -0.25) is 25.1 Å². The smallest absolute Gasteiger partial charge is 0.327 e. The molecule has 1 atom stereocenters. The van der Waals surface area contributed by atoms with E-state index in [0.717, 1.165) is 7.05 Å². The van der Waals surface area contributed by atoms with Gasteiger partial charge < -0.3 is 10.4 Å². The van der Waals surface area contributed by atoms with Gasteiger partial charge in [0.2, 0.25) is 0 Å². The highest BCUT2D eigenvalue weighted by Gasteiger charge is 2.56. The Morgan fingerprint density at radius 1 is 1.44 bits per heavy atom. The average Bonchev–Trinajstić information content (AvgIpc) is 2.43. The van der Waals surface area contributed by atoms with Gasteiger partial charge in [-0.05, 0) is 0 Å². The van der Waals surface area contributed by atoms with E-state index in [4.69, 9.17) is 0 Å². The van der Waals surface area contributed by atoms with Gasteiger partial charge in [0.1, 0.15) is 0 Å². The van der Waals surface area contributed by atoms with Crippen molar-refractivity contribution < 1.29 is 24.3 Å². The lowest BCUT2D eigenvalue weighted by Crippen LogP contribution is -2.60. The minimum absolute atomic E-state index is 0.494. The number of carbonyl (C=O) groups is 4. The third kappa shape index (κ3) is 1.56. The summed E-state index contributed by atoms with van der Waals surface area (Å²) in [7, 11) is 2.29. The zero-order chi connectivity index (χ0) is 12.5. The monoisotopic (exact) mass is 230 g/mol. The fourth-order valence-electron chi connectivity index (χ4n) is 1.08. The number of aliphatic hydroxyl groups is 1. The van der Waals surface area contributed by atoms with Crippen LogP contribution < -0.4 is 16.0 Å². The minimum Gasteiger partial charge on any atom is -0.356 e. The lowest BCUT2D eigenvalue weighted by Gasteiger charge is -2.24. The molecule has 1 saturated heterocycles. The fourth-order valence-corrected chi connectivity index (χ4v) is 1.08. The molecule has 9 heteroatoms.